The smallest absolute Gasteiger partial charge is 0.225 e. The number of aromatic amines is 1. The predicted octanol–water partition coefficient (Wildman–Crippen LogP) is 2.74. The Kier molecular flexibility index (Phi) is 4.61. The minimum absolute atomic E-state index is 0.121. The average molecular weight is 263 g/mol. The molecule has 4 heteroatoms. The van der Waals surface area contributed by atoms with Crippen molar-refractivity contribution in [3.8, 4) is 0 Å². The molecule has 1 aliphatic rings. The molecule has 0 aliphatic heterocycles. The molecular formula is C15H25N3O. The van der Waals surface area contributed by atoms with Gasteiger partial charge < -0.3 is 5.32 Å². The first kappa shape index (κ1) is 14.1. The lowest BCUT2D eigenvalue weighted by molar-refractivity contribution is -0.131. The summed E-state index contributed by atoms with van der Waals surface area (Å²) in [7, 11) is 0. The van der Waals surface area contributed by atoms with Crippen molar-refractivity contribution < 1.29 is 4.79 Å². The summed E-state index contributed by atoms with van der Waals surface area (Å²) < 4.78 is 0. The summed E-state index contributed by atoms with van der Waals surface area (Å²) in [5.41, 5.74) is 2.26. The van der Waals surface area contributed by atoms with Gasteiger partial charge in [0.15, 0.2) is 0 Å². The number of amides is 1. The van der Waals surface area contributed by atoms with Crippen LogP contribution in [0.4, 0.5) is 0 Å². The van der Waals surface area contributed by atoms with Gasteiger partial charge in [0.05, 0.1) is 6.20 Å². The summed E-state index contributed by atoms with van der Waals surface area (Å²) in [5, 5.41) is 10.1. The zero-order valence-corrected chi connectivity index (χ0v) is 12.1. The number of nitrogens with one attached hydrogen (secondary N) is 2. The van der Waals surface area contributed by atoms with Crippen LogP contribution in [0.5, 0.6) is 0 Å². The second kappa shape index (κ2) is 6.22. The Labute approximate surface area is 115 Å². The molecule has 4 nitrogen and oxygen atoms in total. The zero-order valence-electron chi connectivity index (χ0n) is 12.1. The van der Waals surface area contributed by atoms with E-state index < -0.39 is 0 Å². The van der Waals surface area contributed by atoms with E-state index in [1.54, 1.807) is 0 Å². The van der Waals surface area contributed by atoms with E-state index in [-0.39, 0.29) is 11.3 Å². The second-order valence-electron chi connectivity index (χ2n) is 6.00. The van der Waals surface area contributed by atoms with Crippen molar-refractivity contribution in [2.45, 2.75) is 58.8 Å². The van der Waals surface area contributed by atoms with Crippen LogP contribution in [0.25, 0.3) is 0 Å². The highest BCUT2D eigenvalue weighted by Crippen LogP contribution is 2.35. The maximum atomic E-state index is 12.2. The van der Waals surface area contributed by atoms with Gasteiger partial charge in [-0.15, -0.1) is 0 Å². The van der Waals surface area contributed by atoms with Gasteiger partial charge in [0.25, 0.3) is 0 Å². The molecule has 1 aliphatic carbocycles. The molecule has 0 spiro atoms. The number of aryl methyl sites for hydroxylation is 2. The molecule has 0 radical (unpaired) electrons. The van der Waals surface area contributed by atoms with Crippen LogP contribution in [0.1, 0.15) is 56.7 Å². The number of hydrogen-bond acceptors (Lipinski definition) is 2. The third-order valence-corrected chi connectivity index (χ3v) is 4.35. The van der Waals surface area contributed by atoms with Crippen LogP contribution in [0.3, 0.4) is 0 Å². The van der Waals surface area contributed by atoms with Crippen LogP contribution in [0.15, 0.2) is 6.20 Å². The zero-order chi connectivity index (χ0) is 13.7. The average Bonchev–Trinajstić information content (AvgIpc) is 2.81. The monoisotopic (exact) mass is 263 g/mol. The molecule has 106 valence electrons. The molecule has 0 unspecified atom stereocenters. The SMILES string of the molecule is Cc1[nH]ncc1CCCNC(=O)C1(C)CCCCC1. The molecule has 0 bridgehead atoms. The fourth-order valence-electron chi connectivity index (χ4n) is 2.88. The lowest BCUT2D eigenvalue weighted by Gasteiger charge is -2.32. The molecule has 1 aromatic rings. The topological polar surface area (TPSA) is 57.8 Å². The Balaban J connectivity index is 1.70. The van der Waals surface area contributed by atoms with E-state index >= 15 is 0 Å². The Morgan fingerprint density at radius 2 is 2.16 bits per heavy atom. The van der Waals surface area contributed by atoms with Crippen molar-refractivity contribution in [1.29, 1.82) is 0 Å². The Bertz CT molecular complexity index is 419. The quantitative estimate of drug-likeness (QED) is 0.802. The van der Waals surface area contributed by atoms with Gasteiger partial charge in [0.1, 0.15) is 0 Å². The molecular weight excluding hydrogens is 238 g/mol. The van der Waals surface area contributed by atoms with Gasteiger partial charge in [-0.2, -0.15) is 5.10 Å². The van der Waals surface area contributed by atoms with Gasteiger partial charge in [-0.3, -0.25) is 9.89 Å². The summed E-state index contributed by atoms with van der Waals surface area (Å²) in [6.45, 7) is 4.91. The Morgan fingerprint density at radius 3 is 2.79 bits per heavy atom. The van der Waals surface area contributed by atoms with E-state index in [0.29, 0.717) is 0 Å². The van der Waals surface area contributed by atoms with E-state index in [9.17, 15) is 4.79 Å². The van der Waals surface area contributed by atoms with Gasteiger partial charge in [0.2, 0.25) is 5.91 Å². The van der Waals surface area contributed by atoms with Gasteiger partial charge in [0, 0.05) is 17.7 Å². The van der Waals surface area contributed by atoms with Gasteiger partial charge >= 0.3 is 0 Å². The van der Waals surface area contributed by atoms with Crippen LogP contribution in [-0.2, 0) is 11.2 Å². The molecule has 1 aromatic heterocycles. The number of aromatic nitrogens is 2. The highest BCUT2D eigenvalue weighted by atomic mass is 16.2. The van der Waals surface area contributed by atoms with E-state index in [4.69, 9.17) is 0 Å². The van der Waals surface area contributed by atoms with Crippen molar-refractivity contribution in [3.63, 3.8) is 0 Å². The molecule has 0 atom stereocenters. The predicted molar refractivity (Wildman–Crippen MR) is 75.8 cm³/mol. The summed E-state index contributed by atoms with van der Waals surface area (Å²) in [5.74, 6) is 0.246. The lowest BCUT2D eigenvalue weighted by atomic mass is 9.75. The first-order valence-corrected chi connectivity index (χ1v) is 7.39. The Hall–Kier alpha value is -1.32. The summed E-state index contributed by atoms with van der Waals surface area (Å²) in [6, 6.07) is 0. The van der Waals surface area contributed by atoms with Crippen molar-refractivity contribution in [2.24, 2.45) is 5.41 Å². The third-order valence-electron chi connectivity index (χ3n) is 4.35. The molecule has 19 heavy (non-hydrogen) atoms. The molecule has 1 amide bonds. The van der Waals surface area contributed by atoms with E-state index in [2.05, 4.69) is 22.4 Å². The van der Waals surface area contributed by atoms with Crippen molar-refractivity contribution in [1.82, 2.24) is 15.5 Å². The molecule has 1 heterocycles. The first-order chi connectivity index (χ1) is 9.12. The minimum atomic E-state index is -0.121. The van der Waals surface area contributed by atoms with Crippen LogP contribution < -0.4 is 5.32 Å². The maximum absolute atomic E-state index is 12.2. The van der Waals surface area contributed by atoms with Crippen LogP contribution in [0.2, 0.25) is 0 Å². The molecule has 1 saturated carbocycles. The largest absolute Gasteiger partial charge is 0.356 e. The fourth-order valence-corrected chi connectivity index (χ4v) is 2.88. The standard InChI is InChI=1S/C15H25N3O/c1-12-13(11-17-18-12)7-6-10-16-14(19)15(2)8-4-3-5-9-15/h11H,3-10H2,1-2H3,(H,16,19)(H,17,18). The molecule has 1 fully saturated rings. The summed E-state index contributed by atoms with van der Waals surface area (Å²) >= 11 is 0. The van der Waals surface area contributed by atoms with Gasteiger partial charge in [-0.1, -0.05) is 26.2 Å². The molecule has 0 aromatic carbocycles. The van der Waals surface area contributed by atoms with E-state index in [0.717, 1.165) is 37.9 Å². The summed E-state index contributed by atoms with van der Waals surface area (Å²) in [4.78, 5) is 12.2. The number of carbonyl (C=O) groups is 1. The lowest BCUT2D eigenvalue weighted by Crippen LogP contribution is -2.40. The number of H-pyrrole nitrogens is 1. The number of nitrogens with zero attached hydrogens (tertiary/aromatic N) is 1. The van der Waals surface area contributed by atoms with E-state index in [1.165, 1.54) is 24.8 Å². The highest BCUT2D eigenvalue weighted by Gasteiger charge is 2.33. The number of hydrogen-bond donors (Lipinski definition) is 2. The Morgan fingerprint density at radius 1 is 1.42 bits per heavy atom. The van der Waals surface area contributed by atoms with Crippen molar-refractivity contribution in [3.05, 3.63) is 17.5 Å². The van der Waals surface area contributed by atoms with Gasteiger partial charge in [-0.25, -0.2) is 0 Å². The third kappa shape index (κ3) is 3.58. The van der Waals surface area contributed by atoms with Crippen LogP contribution in [0, 0.1) is 12.3 Å². The normalized spacial score (nSPS) is 18.2. The fraction of sp³-hybridized carbons (Fsp3) is 0.733. The first-order valence-electron chi connectivity index (χ1n) is 7.39. The van der Waals surface area contributed by atoms with Crippen LogP contribution >= 0.6 is 0 Å². The molecule has 2 rings (SSSR count). The second-order valence-corrected chi connectivity index (χ2v) is 6.00. The van der Waals surface area contributed by atoms with Crippen molar-refractivity contribution >= 4 is 5.91 Å². The van der Waals surface area contributed by atoms with Crippen molar-refractivity contribution in [2.75, 3.05) is 6.54 Å². The molecule has 2 N–H and O–H groups in total. The summed E-state index contributed by atoms with van der Waals surface area (Å²) in [6.07, 6.45) is 9.57. The minimum Gasteiger partial charge on any atom is -0.356 e. The highest BCUT2D eigenvalue weighted by molar-refractivity contribution is 5.82. The maximum Gasteiger partial charge on any atom is 0.225 e. The van der Waals surface area contributed by atoms with E-state index in [1.807, 2.05) is 13.1 Å². The number of carbonyl (C=O) groups excluding carboxylic acids is 1. The van der Waals surface area contributed by atoms with Gasteiger partial charge in [-0.05, 0) is 38.2 Å². The van der Waals surface area contributed by atoms with Crippen LogP contribution in [-0.4, -0.2) is 22.6 Å². The number of rotatable bonds is 5. The molecule has 0 saturated heterocycles.